The molecule has 1 atom stereocenters. The van der Waals surface area contributed by atoms with Gasteiger partial charge in [0.1, 0.15) is 0 Å². The van der Waals surface area contributed by atoms with Crippen molar-refractivity contribution in [3.63, 3.8) is 0 Å². The predicted molar refractivity (Wildman–Crippen MR) is 85.5 cm³/mol. The number of primary amides is 1. The zero-order chi connectivity index (χ0) is 15.2. The van der Waals surface area contributed by atoms with E-state index < -0.39 is 0 Å². The minimum absolute atomic E-state index is 0.0220. The molecule has 1 aliphatic rings. The molecule has 0 aliphatic carbocycles. The zero-order valence-electron chi connectivity index (χ0n) is 12.8. The van der Waals surface area contributed by atoms with Crippen LogP contribution in [0.1, 0.15) is 19.8 Å². The van der Waals surface area contributed by atoms with E-state index in [2.05, 4.69) is 29.3 Å². The molecular formula is C16H25N3O2. The molecule has 21 heavy (non-hydrogen) atoms. The highest BCUT2D eigenvalue weighted by atomic mass is 16.5. The average Bonchev–Trinajstić information content (AvgIpc) is 2.48. The van der Waals surface area contributed by atoms with Crippen LogP contribution < -0.4 is 16.0 Å². The number of carbonyl (C=O) groups is 1. The van der Waals surface area contributed by atoms with E-state index in [1.807, 2.05) is 12.1 Å². The second-order valence-electron chi connectivity index (χ2n) is 5.68. The number of amides is 1. The smallest absolute Gasteiger partial charge is 0.220 e. The average molecular weight is 291 g/mol. The molecule has 0 aromatic heterocycles. The van der Waals surface area contributed by atoms with E-state index in [0.29, 0.717) is 6.61 Å². The number of piperidine rings is 1. The Morgan fingerprint density at radius 3 is 2.71 bits per heavy atom. The molecule has 0 spiro atoms. The first-order chi connectivity index (χ1) is 10.1. The van der Waals surface area contributed by atoms with Crippen LogP contribution in [0.4, 0.5) is 11.4 Å². The third-order valence-electron chi connectivity index (χ3n) is 3.96. The molecule has 1 aromatic carbocycles. The molecule has 0 bridgehead atoms. The van der Waals surface area contributed by atoms with Crippen LogP contribution in [0.25, 0.3) is 0 Å². The van der Waals surface area contributed by atoms with Crippen LogP contribution in [-0.2, 0) is 9.53 Å². The largest absolute Gasteiger partial charge is 0.383 e. The number of anilines is 2. The third kappa shape index (κ3) is 4.11. The van der Waals surface area contributed by atoms with E-state index in [0.717, 1.165) is 31.6 Å². The molecule has 1 saturated heterocycles. The quantitative estimate of drug-likeness (QED) is 0.839. The summed E-state index contributed by atoms with van der Waals surface area (Å²) in [5.74, 6) is -0.149. The van der Waals surface area contributed by atoms with Crippen molar-refractivity contribution in [3.8, 4) is 0 Å². The number of nitrogens with two attached hydrogens (primary N) is 1. The van der Waals surface area contributed by atoms with Crippen LogP contribution in [0.15, 0.2) is 24.3 Å². The standard InChI is InChI=1S/C16H25N3O2/c1-12(11-21-2)18-14-5-3-4-6-15(14)19-9-7-13(8-10-19)16(17)20/h3-6,12-13,18H,7-11H2,1-2H3,(H2,17,20). The fourth-order valence-electron chi connectivity index (χ4n) is 2.83. The van der Waals surface area contributed by atoms with Crippen molar-refractivity contribution in [2.24, 2.45) is 11.7 Å². The second kappa shape index (κ2) is 7.31. The van der Waals surface area contributed by atoms with Crippen molar-refractivity contribution in [2.75, 3.05) is 37.0 Å². The van der Waals surface area contributed by atoms with Crippen molar-refractivity contribution >= 4 is 17.3 Å². The fraction of sp³-hybridized carbons (Fsp3) is 0.562. The number of para-hydroxylation sites is 2. The Labute approximate surface area is 126 Å². The molecule has 0 radical (unpaired) electrons. The first-order valence-corrected chi connectivity index (χ1v) is 7.50. The number of methoxy groups -OCH3 is 1. The summed E-state index contributed by atoms with van der Waals surface area (Å²) >= 11 is 0. The van der Waals surface area contributed by atoms with Gasteiger partial charge in [0.25, 0.3) is 0 Å². The van der Waals surface area contributed by atoms with Crippen molar-refractivity contribution in [3.05, 3.63) is 24.3 Å². The van der Waals surface area contributed by atoms with E-state index in [4.69, 9.17) is 10.5 Å². The van der Waals surface area contributed by atoms with Crippen molar-refractivity contribution < 1.29 is 9.53 Å². The van der Waals surface area contributed by atoms with E-state index in [-0.39, 0.29) is 17.9 Å². The van der Waals surface area contributed by atoms with Crippen molar-refractivity contribution in [1.82, 2.24) is 0 Å². The number of nitrogens with zero attached hydrogens (tertiary/aromatic N) is 1. The number of nitrogens with one attached hydrogen (secondary N) is 1. The summed E-state index contributed by atoms with van der Waals surface area (Å²) in [4.78, 5) is 13.6. The lowest BCUT2D eigenvalue weighted by atomic mass is 9.96. The fourth-order valence-corrected chi connectivity index (χ4v) is 2.83. The zero-order valence-corrected chi connectivity index (χ0v) is 12.8. The summed E-state index contributed by atoms with van der Waals surface area (Å²) in [6.07, 6.45) is 1.66. The topological polar surface area (TPSA) is 67.6 Å². The Balaban J connectivity index is 2.05. The molecule has 1 aliphatic heterocycles. The summed E-state index contributed by atoms with van der Waals surface area (Å²) in [5, 5.41) is 3.48. The minimum Gasteiger partial charge on any atom is -0.383 e. The molecule has 1 heterocycles. The maximum atomic E-state index is 11.3. The van der Waals surface area contributed by atoms with Gasteiger partial charge in [-0.2, -0.15) is 0 Å². The van der Waals surface area contributed by atoms with E-state index in [1.54, 1.807) is 7.11 Å². The van der Waals surface area contributed by atoms with E-state index >= 15 is 0 Å². The van der Waals surface area contributed by atoms with E-state index in [1.165, 1.54) is 5.69 Å². The molecule has 1 unspecified atom stereocenters. The lowest BCUT2D eigenvalue weighted by Crippen LogP contribution is -2.39. The molecular weight excluding hydrogens is 266 g/mol. The normalized spacial score (nSPS) is 17.5. The van der Waals surface area contributed by atoms with Gasteiger partial charge in [0.05, 0.1) is 18.0 Å². The van der Waals surface area contributed by atoms with Crippen LogP contribution in [0.3, 0.4) is 0 Å². The summed E-state index contributed by atoms with van der Waals surface area (Å²) in [7, 11) is 1.71. The molecule has 1 amide bonds. The van der Waals surface area contributed by atoms with Gasteiger partial charge < -0.3 is 20.7 Å². The third-order valence-corrected chi connectivity index (χ3v) is 3.96. The number of rotatable bonds is 6. The molecule has 1 fully saturated rings. The van der Waals surface area contributed by atoms with Crippen LogP contribution >= 0.6 is 0 Å². The van der Waals surface area contributed by atoms with Gasteiger partial charge in [-0.3, -0.25) is 4.79 Å². The maximum absolute atomic E-state index is 11.3. The Hall–Kier alpha value is -1.75. The number of benzene rings is 1. The van der Waals surface area contributed by atoms with Crippen molar-refractivity contribution in [1.29, 1.82) is 0 Å². The van der Waals surface area contributed by atoms with Gasteiger partial charge in [0, 0.05) is 32.2 Å². The van der Waals surface area contributed by atoms with Crippen molar-refractivity contribution in [2.45, 2.75) is 25.8 Å². The Morgan fingerprint density at radius 2 is 2.10 bits per heavy atom. The van der Waals surface area contributed by atoms with Gasteiger partial charge in [-0.05, 0) is 31.9 Å². The molecule has 2 rings (SSSR count). The number of hydrogen-bond acceptors (Lipinski definition) is 4. The second-order valence-corrected chi connectivity index (χ2v) is 5.68. The first kappa shape index (κ1) is 15.6. The maximum Gasteiger partial charge on any atom is 0.220 e. The van der Waals surface area contributed by atoms with Gasteiger partial charge in [0.15, 0.2) is 0 Å². The van der Waals surface area contributed by atoms with Crippen LogP contribution in [-0.4, -0.2) is 38.8 Å². The van der Waals surface area contributed by atoms with E-state index in [9.17, 15) is 4.79 Å². The van der Waals surface area contributed by atoms with Gasteiger partial charge in [-0.15, -0.1) is 0 Å². The highest BCUT2D eigenvalue weighted by molar-refractivity contribution is 5.77. The van der Waals surface area contributed by atoms with Gasteiger partial charge >= 0.3 is 0 Å². The number of ether oxygens (including phenoxy) is 1. The minimum atomic E-state index is -0.172. The Kier molecular flexibility index (Phi) is 5.44. The highest BCUT2D eigenvalue weighted by Gasteiger charge is 2.24. The lowest BCUT2D eigenvalue weighted by Gasteiger charge is -2.34. The summed E-state index contributed by atoms with van der Waals surface area (Å²) in [6.45, 7) is 4.49. The molecule has 3 N–H and O–H groups in total. The van der Waals surface area contributed by atoms with Gasteiger partial charge in [-0.25, -0.2) is 0 Å². The number of carbonyl (C=O) groups excluding carboxylic acids is 1. The number of hydrogen-bond donors (Lipinski definition) is 2. The molecule has 0 saturated carbocycles. The highest BCUT2D eigenvalue weighted by Crippen LogP contribution is 2.30. The summed E-state index contributed by atoms with van der Waals surface area (Å²) < 4.78 is 5.17. The molecule has 5 nitrogen and oxygen atoms in total. The lowest BCUT2D eigenvalue weighted by molar-refractivity contribution is -0.122. The predicted octanol–water partition coefficient (Wildman–Crippen LogP) is 1.84. The van der Waals surface area contributed by atoms with Crippen LogP contribution in [0, 0.1) is 5.92 Å². The summed E-state index contributed by atoms with van der Waals surface area (Å²) in [6, 6.07) is 8.52. The Morgan fingerprint density at radius 1 is 1.43 bits per heavy atom. The first-order valence-electron chi connectivity index (χ1n) is 7.50. The SMILES string of the molecule is COCC(C)Nc1ccccc1N1CCC(C(N)=O)CC1. The molecule has 1 aromatic rings. The molecule has 116 valence electrons. The Bertz CT molecular complexity index is 470. The monoisotopic (exact) mass is 291 g/mol. The van der Waals surface area contributed by atoms with Gasteiger partial charge in [0.2, 0.25) is 5.91 Å². The molecule has 5 heteroatoms. The van der Waals surface area contributed by atoms with Crippen LogP contribution in [0.2, 0.25) is 0 Å². The van der Waals surface area contributed by atoms with Crippen LogP contribution in [0.5, 0.6) is 0 Å². The summed E-state index contributed by atoms with van der Waals surface area (Å²) in [5.41, 5.74) is 7.69. The van der Waals surface area contributed by atoms with Gasteiger partial charge in [-0.1, -0.05) is 12.1 Å².